The standard InChI is InChI=1S/C16H25NO2/c1-5-7-12(3)16(18)17-15(6-2)13-8-10-14(19-4)11-9-13/h8-12,15H,5-7H2,1-4H3,(H,17,18). The summed E-state index contributed by atoms with van der Waals surface area (Å²) >= 11 is 0. The topological polar surface area (TPSA) is 38.3 Å². The molecule has 0 saturated heterocycles. The highest BCUT2D eigenvalue weighted by molar-refractivity contribution is 5.78. The summed E-state index contributed by atoms with van der Waals surface area (Å²) in [5.41, 5.74) is 1.13. The van der Waals surface area contributed by atoms with Crippen molar-refractivity contribution in [1.82, 2.24) is 5.32 Å². The van der Waals surface area contributed by atoms with Crippen LogP contribution in [0.4, 0.5) is 0 Å². The molecule has 3 heteroatoms. The van der Waals surface area contributed by atoms with E-state index in [2.05, 4.69) is 19.2 Å². The smallest absolute Gasteiger partial charge is 0.223 e. The normalized spacial score (nSPS) is 13.7. The molecule has 0 aliphatic rings. The van der Waals surface area contributed by atoms with Gasteiger partial charge in [-0.1, -0.05) is 39.3 Å². The first-order valence-electron chi connectivity index (χ1n) is 7.06. The molecule has 2 unspecified atom stereocenters. The summed E-state index contributed by atoms with van der Waals surface area (Å²) in [6.07, 6.45) is 2.86. The first-order valence-corrected chi connectivity index (χ1v) is 7.06. The lowest BCUT2D eigenvalue weighted by atomic mass is 10.0. The van der Waals surface area contributed by atoms with Gasteiger partial charge in [-0.15, -0.1) is 0 Å². The molecule has 0 radical (unpaired) electrons. The van der Waals surface area contributed by atoms with Crippen molar-refractivity contribution in [3.63, 3.8) is 0 Å². The fraction of sp³-hybridized carbons (Fsp3) is 0.562. The Morgan fingerprint density at radius 1 is 1.26 bits per heavy atom. The number of nitrogens with one attached hydrogen (secondary N) is 1. The molecule has 106 valence electrons. The predicted molar refractivity (Wildman–Crippen MR) is 78.2 cm³/mol. The Balaban J connectivity index is 2.69. The van der Waals surface area contributed by atoms with E-state index in [1.165, 1.54) is 0 Å². The van der Waals surface area contributed by atoms with Gasteiger partial charge in [0.25, 0.3) is 0 Å². The van der Waals surface area contributed by atoms with E-state index in [0.717, 1.165) is 30.6 Å². The zero-order valence-corrected chi connectivity index (χ0v) is 12.4. The Hall–Kier alpha value is -1.51. The summed E-state index contributed by atoms with van der Waals surface area (Å²) in [5.74, 6) is 1.06. The lowest BCUT2D eigenvalue weighted by Gasteiger charge is -2.20. The maximum atomic E-state index is 12.1. The molecular formula is C16H25NO2. The Morgan fingerprint density at radius 3 is 2.37 bits per heavy atom. The molecule has 0 aliphatic heterocycles. The minimum absolute atomic E-state index is 0.0808. The van der Waals surface area contributed by atoms with Crippen LogP contribution in [0.2, 0.25) is 0 Å². The van der Waals surface area contributed by atoms with Crippen LogP contribution >= 0.6 is 0 Å². The molecule has 1 aromatic carbocycles. The van der Waals surface area contributed by atoms with E-state index in [-0.39, 0.29) is 17.9 Å². The van der Waals surface area contributed by atoms with Crippen LogP contribution in [0.1, 0.15) is 51.6 Å². The monoisotopic (exact) mass is 263 g/mol. The molecule has 3 nitrogen and oxygen atoms in total. The quantitative estimate of drug-likeness (QED) is 0.814. The van der Waals surface area contributed by atoms with E-state index < -0.39 is 0 Å². The molecule has 19 heavy (non-hydrogen) atoms. The first-order chi connectivity index (χ1) is 9.12. The summed E-state index contributed by atoms with van der Waals surface area (Å²) in [5, 5.41) is 3.13. The molecule has 0 aromatic heterocycles. The second-order valence-electron chi connectivity index (χ2n) is 4.93. The largest absolute Gasteiger partial charge is 0.497 e. The molecule has 0 fully saturated rings. The summed E-state index contributed by atoms with van der Waals surface area (Å²) in [7, 11) is 1.65. The van der Waals surface area contributed by atoms with Gasteiger partial charge in [0.05, 0.1) is 13.2 Å². The number of rotatable bonds is 7. The van der Waals surface area contributed by atoms with Gasteiger partial charge in [0.2, 0.25) is 5.91 Å². The van der Waals surface area contributed by atoms with Gasteiger partial charge in [-0.2, -0.15) is 0 Å². The summed E-state index contributed by atoms with van der Waals surface area (Å²) in [6, 6.07) is 7.96. The van der Waals surface area contributed by atoms with Gasteiger partial charge in [0.15, 0.2) is 0 Å². The molecule has 0 aliphatic carbocycles. The molecule has 0 heterocycles. The minimum Gasteiger partial charge on any atom is -0.497 e. The highest BCUT2D eigenvalue weighted by Crippen LogP contribution is 2.21. The van der Waals surface area contributed by atoms with Gasteiger partial charge in [-0.05, 0) is 30.5 Å². The third kappa shape index (κ3) is 4.58. The van der Waals surface area contributed by atoms with Crippen LogP contribution in [0.5, 0.6) is 5.75 Å². The second kappa shape index (κ2) is 7.82. The van der Waals surface area contributed by atoms with Crippen LogP contribution in [0.3, 0.4) is 0 Å². The maximum absolute atomic E-state index is 12.1. The zero-order valence-electron chi connectivity index (χ0n) is 12.4. The Morgan fingerprint density at radius 2 is 1.89 bits per heavy atom. The Labute approximate surface area is 116 Å². The van der Waals surface area contributed by atoms with Gasteiger partial charge >= 0.3 is 0 Å². The van der Waals surface area contributed by atoms with E-state index in [0.29, 0.717) is 0 Å². The number of amides is 1. The van der Waals surface area contributed by atoms with Gasteiger partial charge in [-0.25, -0.2) is 0 Å². The molecule has 2 atom stereocenters. The molecule has 1 amide bonds. The fourth-order valence-electron chi connectivity index (χ4n) is 2.14. The predicted octanol–water partition coefficient (Wildman–Crippen LogP) is 3.70. The van der Waals surface area contributed by atoms with Crippen molar-refractivity contribution in [1.29, 1.82) is 0 Å². The van der Waals surface area contributed by atoms with E-state index in [1.54, 1.807) is 7.11 Å². The van der Waals surface area contributed by atoms with Gasteiger partial charge in [0.1, 0.15) is 5.75 Å². The van der Waals surface area contributed by atoms with Crippen LogP contribution in [0.25, 0.3) is 0 Å². The molecule has 0 bridgehead atoms. The zero-order chi connectivity index (χ0) is 14.3. The van der Waals surface area contributed by atoms with Gasteiger partial charge in [0, 0.05) is 5.92 Å². The van der Waals surface area contributed by atoms with E-state index in [1.807, 2.05) is 31.2 Å². The molecule has 1 aromatic rings. The van der Waals surface area contributed by atoms with Crippen molar-refractivity contribution in [3.05, 3.63) is 29.8 Å². The molecular weight excluding hydrogens is 238 g/mol. The molecule has 1 rings (SSSR count). The third-order valence-electron chi connectivity index (χ3n) is 3.41. The number of carbonyl (C=O) groups is 1. The van der Waals surface area contributed by atoms with Gasteiger partial charge < -0.3 is 10.1 Å². The highest BCUT2D eigenvalue weighted by atomic mass is 16.5. The molecule has 0 spiro atoms. The van der Waals surface area contributed by atoms with Gasteiger partial charge in [-0.3, -0.25) is 4.79 Å². The van der Waals surface area contributed by atoms with Crippen LogP contribution in [0.15, 0.2) is 24.3 Å². The maximum Gasteiger partial charge on any atom is 0.223 e. The number of hydrogen-bond acceptors (Lipinski definition) is 2. The third-order valence-corrected chi connectivity index (χ3v) is 3.41. The minimum atomic E-state index is 0.0808. The van der Waals surface area contributed by atoms with E-state index in [9.17, 15) is 4.79 Å². The van der Waals surface area contributed by atoms with Crippen molar-refractivity contribution < 1.29 is 9.53 Å². The van der Waals surface area contributed by atoms with Crippen molar-refractivity contribution in [2.75, 3.05) is 7.11 Å². The number of ether oxygens (including phenoxy) is 1. The van der Waals surface area contributed by atoms with Crippen molar-refractivity contribution in [2.45, 2.75) is 46.1 Å². The summed E-state index contributed by atoms with van der Waals surface area (Å²) in [4.78, 5) is 12.1. The SMILES string of the molecule is CCCC(C)C(=O)NC(CC)c1ccc(OC)cc1. The van der Waals surface area contributed by atoms with Crippen molar-refractivity contribution in [3.8, 4) is 5.75 Å². The van der Waals surface area contributed by atoms with E-state index >= 15 is 0 Å². The summed E-state index contributed by atoms with van der Waals surface area (Å²) < 4.78 is 5.15. The number of benzene rings is 1. The second-order valence-corrected chi connectivity index (χ2v) is 4.93. The number of hydrogen-bond donors (Lipinski definition) is 1. The lowest BCUT2D eigenvalue weighted by Crippen LogP contribution is -2.32. The van der Waals surface area contributed by atoms with Crippen LogP contribution < -0.4 is 10.1 Å². The highest BCUT2D eigenvalue weighted by Gasteiger charge is 2.17. The number of carbonyl (C=O) groups excluding carboxylic acids is 1. The van der Waals surface area contributed by atoms with Crippen LogP contribution in [0, 0.1) is 5.92 Å². The lowest BCUT2D eigenvalue weighted by molar-refractivity contribution is -0.125. The Kier molecular flexibility index (Phi) is 6.40. The average molecular weight is 263 g/mol. The number of methoxy groups -OCH3 is 1. The fourth-order valence-corrected chi connectivity index (χ4v) is 2.14. The Bertz CT molecular complexity index is 386. The van der Waals surface area contributed by atoms with E-state index in [4.69, 9.17) is 4.74 Å². The van der Waals surface area contributed by atoms with Crippen LogP contribution in [-0.4, -0.2) is 13.0 Å². The van der Waals surface area contributed by atoms with Crippen molar-refractivity contribution >= 4 is 5.91 Å². The van der Waals surface area contributed by atoms with Crippen molar-refractivity contribution in [2.24, 2.45) is 5.92 Å². The first kappa shape index (κ1) is 15.5. The summed E-state index contributed by atoms with van der Waals surface area (Å²) in [6.45, 7) is 6.17. The molecule has 1 N–H and O–H groups in total. The van der Waals surface area contributed by atoms with Crippen LogP contribution in [-0.2, 0) is 4.79 Å². The molecule has 0 saturated carbocycles. The average Bonchev–Trinajstić information content (AvgIpc) is 2.45.